The first-order chi connectivity index (χ1) is 16.1. The van der Waals surface area contributed by atoms with Crippen molar-refractivity contribution in [3.8, 4) is 17.0 Å². The van der Waals surface area contributed by atoms with Crippen LogP contribution in [0.2, 0.25) is 0 Å². The maximum atomic E-state index is 14.3. The van der Waals surface area contributed by atoms with Crippen molar-refractivity contribution in [2.45, 2.75) is 26.3 Å². The van der Waals surface area contributed by atoms with Crippen molar-refractivity contribution in [2.24, 2.45) is 0 Å². The van der Waals surface area contributed by atoms with Crippen molar-refractivity contribution in [3.63, 3.8) is 0 Å². The zero-order chi connectivity index (χ0) is 24.7. The fourth-order valence-corrected chi connectivity index (χ4v) is 3.73. The van der Waals surface area contributed by atoms with E-state index in [0.29, 0.717) is 22.4 Å². The molecular weight excluding hydrogens is 455 g/mol. The molecule has 4 rings (SSSR count). The Morgan fingerprint density at radius 2 is 1.47 bits per heavy atom. The minimum Gasteiger partial charge on any atom is -0.497 e. The van der Waals surface area contributed by atoms with Gasteiger partial charge in [-0.1, -0.05) is 38.1 Å². The Morgan fingerprint density at radius 1 is 0.882 bits per heavy atom. The molecule has 0 aliphatic carbocycles. The van der Waals surface area contributed by atoms with E-state index in [9.17, 15) is 26.7 Å². The lowest BCUT2D eigenvalue weighted by molar-refractivity contribution is 0.368. The van der Waals surface area contributed by atoms with Crippen LogP contribution in [-0.4, -0.2) is 16.7 Å². The minimum atomic E-state index is -2.26. The molecule has 0 spiro atoms. The summed E-state index contributed by atoms with van der Waals surface area (Å²) in [5.74, 6) is -9.72. The molecule has 0 saturated carbocycles. The minimum absolute atomic E-state index is 0.188. The number of hydrogen-bond acceptors (Lipinski definition) is 3. The third-order valence-corrected chi connectivity index (χ3v) is 5.66. The Bertz CT molecular complexity index is 1430. The molecular formula is C25H19F5N2O2. The molecule has 176 valence electrons. The molecule has 3 aromatic carbocycles. The molecule has 0 amide bonds. The number of fused-ring (bicyclic) bond motifs is 1. The van der Waals surface area contributed by atoms with Crippen LogP contribution in [0, 0.1) is 29.1 Å². The first-order valence-corrected chi connectivity index (χ1v) is 10.3. The van der Waals surface area contributed by atoms with Crippen LogP contribution >= 0.6 is 0 Å². The fourth-order valence-electron chi connectivity index (χ4n) is 3.73. The maximum absolute atomic E-state index is 14.3. The average Bonchev–Trinajstić information content (AvgIpc) is 2.84. The lowest BCUT2D eigenvalue weighted by atomic mass is 9.99. The SMILES string of the molecule is COc1ccc2c(c1)c(-c1ccc(C(C)C)cc1)nc(=O)n2Cc1c(F)c(F)c(F)c(F)c1F. The predicted octanol–water partition coefficient (Wildman–Crippen LogP) is 5.94. The quantitative estimate of drug-likeness (QED) is 0.204. The summed E-state index contributed by atoms with van der Waals surface area (Å²) in [6.07, 6.45) is 0. The molecule has 0 atom stereocenters. The van der Waals surface area contributed by atoms with E-state index in [2.05, 4.69) is 4.98 Å². The van der Waals surface area contributed by atoms with Crippen LogP contribution in [-0.2, 0) is 6.54 Å². The molecule has 34 heavy (non-hydrogen) atoms. The topological polar surface area (TPSA) is 44.1 Å². The van der Waals surface area contributed by atoms with Gasteiger partial charge in [-0.3, -0.25) is 4.57 Å². The summed E-state index contributed by atoms with van der Waals surface area (Å²) in [7, 11) is 1.44. The first kappa shape index (κ1) is 23.4. The van der Waals surface area contributed by atoms with Gasteiger partial charge in [0.1, 0.15) is 5.75 Å². The number of halogens is 5. The Morgan fingerprint density at radius 3 is 2.03 bits per heavy atom. The summed E-state index contributed by atoms with van der Waals surface area (Å²) in [4.78, 5) is 17.0. The van der Waals surface area contributed by atoms with E-state index in [1.165, 1.54) is 19.2 Å². The number of hydrogen-bond donors (Lipinski definition) is 0. The standard InChI is InChI=1S/C25H19F5N2O2/c1-12(2)13-4-6-14(7-5-13)24-16-10-15(34-3)8-9-18(16)32(25(33)31-24)11-17-19(26)21(28)23(30)22(29)20(17)27/h4-10,12H,11H2,1-3H3. The van der Waals surface area contributed by atoms with E-state index in [4.69, 9.17) is 4.74 Å². The molecule has 4 aromatic rings. The Kier molecular flexibility index (Phi) is 6.12. The van der Waals surface area contributed by atoms with Crippen LogP contribution in [0.15, 0.2) is 47.3 Å². The number of nitrogens with zero attached hydrogens (tertiary/aromatic N) is 2. The van der Waals surface area contributed by atoms with Gasteiger partial charge in [-0.25, -0.2) is 26.7 Å². The number of benzene rings is 3. The van der Waals surface area contributed by atoms with E-state index in [0.717, 1.165) is 10.1 Å². The average molecular weight is 474 g/mol. The maximum Gasteiger partial charge on any atom is 0.348 e. The van der Waals surface area contributed by atoms with Gasteiger partial charge in [-0.05, 0) is 29.7 Å². The van der Waals surface area contributed by atoms with Gasteiger partial charge in [0.15, 0.2) is 23.3 Å². The largest absolute Gasteiger partial charge is 0.497 e. The third-order valence-electron chi connectivity index (χ3n) is 5.66. The summed E-state index contributed by atoms with van der Waals surface area (Å²) >= 11 is 0. The normalized spacial score (nSPS) is 11.4. The van der Waals surface area contributed by atoms with Gasteiger partial charge in [0, 0.05) is 16.5 Å². The van der Waals surface area contributed by atoms with Crippen LogP contribution < -0.4 is 10.4 Å². The van der Waals surface area contributed by atoms with Crippen molar-refractivity contribution in [1.29, 1.82) is 0 Å². The monoisotopic (exact) mass is 474 g/mol. The van der Waals surface area contributed by atoms with Gasteiger partial charge in [0.25, 0.3) is 0 Å². The molecule has 1 aromatic heterocycles. The van der Waals surface area contributed by atoms with Crippen LogP contribution in [0.4, 0.5) is 22.0 Å². The third kappa shape index (κ3) is 3.91. The molecule has 0 bridgehead atoms. The summed E-state index contributed by atoms with van der Waals surface area (Å²) in [5, 5.41) is 0.403. The number of aromatic nitrogens is 2. The van der Waals surface area contributed by atoms with Crippen molar-refractivity contribution in [2.75, 3.05) is 7.11 Å². The van der Waals surface area contributed by atoms with Gasteiger partial charge >= 0.3 is 5.69 Å². The number of ether oxygens (including phenoxy) is 1. The van der Waals surface area contributed by atoms with Gasteiger partial charge in [-0.15, -0.1) is 0 Å². The molecule has 0 unspecified atom stereocenters. The van der Waals surface area contributed by atoms with Crippen molar-refractivity contribution in [1.82, 2.24) is 9.55 Å². The highest BCUT2D eigenvalue weighted by Crippen LogP contribution is 2.31. The Balaban J connectivity index is 1.95. The van der Waals surface area contributed by atoms with Crippen LogP contribution in [0.5, 0.6) is 5.75 Å². The molecule has 9 heteroatoms. The molecule has 4 nitrogen and oxygen atoms in total. The second-order valence-electron chi connectivity index (χ2n) is 8.04. The van der Waals surface area contributed by atoms with Gasteiger partial charge in [0.05, 0.1) is 24.9 Å². The lowest BCUT2D eigenvalue weighted by Gasteiger charge is -2.15. The summed E-state index contributed by atoms with van der Waals surface area (Å²) in [6, 6.07) is 12.0. The summed E-state index contributed by atoms with van der Waals surface area (Å²) in [5.41, 5.74) is 0.125. The van der Waals surface area contributed by atoms with Crippen LogP contribution in [0.25, 0.3) is 22.2 Å². The van der Waals surface area contributed by atoms with Crippen LogP contribution in [0.1, 0.15) is 30.9 Å². The van der Waals surface area contributed by atoms with Crippen molar-refractivity contribution >= 4 is 10.9 Å². The summed E-state index contributed by atoms with van der Waals surface area (Å²) in [6.45, 7) is 3.16. The zero-order valence-corrected chi connectivity index (χ0v) is 18.4. The van der Waals surface area contributed by atoms with Crippen molar-refractivity contribution in [3.05, 3.63) is 93.2 Å². The second kappa shape index (κ2) is 8.89. The predicted molar refractivity (Wildman–Crippen MR) is 117 cm³/mol. The fraction of sp³-hybridized carbons (Fsp3) is 0.200. The van der Waals surface area contributed by atoms with E-state index in [1.54, 1.807) is 18.2 Å². The number of rotatable bonds is 5. The highest BCUT2D eigenvalue weighted by Gasteiger charge is 2.26. The molecule has 0 aliphatic heterocycles. The molecule has 1 heterocycles. The van der Waals surface area contributed by atoms with Gasteiger partial charge in [-0.2, -0.15) is 4.98 Å². The molecule has 0 N–H and O–H groups in total. The van der Waals surface area contributed by atoms with E-state index < -0.39 is 46.9 Å². The van der Waals surface area contributed by atoms with Crippen LogP contribution in [0.3, 0.4) is 0 Å². The molecule has 0 fully saturated rings. The highest BCUT2D eigenvalue weighted by atomic mass is 19.2. The lowest BCUT2D eigenvalue weighted by Crippen LogP contribution is -2.26. The van der Waals surface area contributed by atoms with Crippen molar-refractivity contribution < 1.29 is 26.7 Å². The second-order valence-corrected chi connectivity index (χ2v) is 8.04. The Hall–Kier alpha value is -3.75. The van der Waals surface area contributed by atoms with E-state index in [-0.39, 0.29) is 11.4 Å². The highest BCUT2D eigenvalue weighted by molar-refractivity contribution is 5.93. The number of methoxy groups -OCH3 is 1. The molecule has 0 radical (unpaired) electrons. The smallest absolute Gasteiger partial charge is 0.348 e. The molecule has 0 saturated heterocycles. The van der Waals surface area contributed by atoms with E-state index in [1.807, 2.05) is 26.0 Å². The first-order valence-electron chi connectivity index (χ1n) is 10.3. The van der Waals surface area contributed by atoms with E-state index >= 15 is 0 Å². The van der Waals surface area contributed by atoms with Gasteiger partial charge < -0.3 is 4.74 Å². The molecule has 0 aliphatic rings. The Labute approximate surface area is 191 Å². The summed E-state index contributed by atoms with van der Waals surface area (Å²) < 4.78 is 75.6. The van der Waals surface area contributed by atoms with Gasteiger partial charge in [0.2, 0.25) is 5.82 Å². The zero-order valence-electron chi connectivity index (χ0n) is 18.4.